The highest BCUT2D eigenvalue weighted by Gasteiger charge is 2.43. The van der Waals surface area contributed by atoms with Crippen molar-refractivity contribution in [2.45, 2.75) is 24.9 Å². The van der Waals surface area contributed by atoms with Gasteiger partial charge in [0.25, 0.3) is 0 Å². The molecule has 3 aromatic rings. The molecule has 0 radical (unpaired) electrons. The van der Waals surface area contributed by atoms with Crippen molar-refractivity contribution in [1.82, 2.24) is 20.1 Å². The Morgan fingerprint density at radius 3 is 2.83 bits per heavy atom. The highest BCUT2D eigenvalue weighted by molar-refractivity contribution is 5.84. The third-order valence-corrected chi connectivity index (χ3v) is 5.22. The van der Waals surface area contributed by atoms with Crippen molar-refractivity contribution in [3.8, 4) is 5.88 Å². The molecule has 2 heterocycles. The Kier molecular flexibility index (Phi) is 5.36. The summed E-state index contributed by atoms with van der Waals surface area (Å²) in [6.45, 7) is -0.932. The molecule has 1 aromatic carbocycles. The molecular formula is C21H21F3N4O2. The van der Waals surface area contributed by atoms with E-state index in [0.29, 0.717) is 13.0 Å². The standard InChI is InChI=1S/C21H21F3N4O2/c1-28-18-8-14(3-4-15(18)11-27-28)16-9-17(16)20(29)25-7-6-13-2-5-19(26-10-13)30-12-21(22,23)24/h2-5,8,10-11,16-17H,6-7,9,12H2,1H3,(H,25,29)/t16-,17+/m0/s1. The van der Waals surface area contributed by atoms with E-state index in [1.54, 1.807) is 6.07 Å². The van der Waals surface area contributed by atoms with Crippen LogP contribution in [0.25, 0.3) is 10.9 Å². The lowest BCUT2D eigenvalue weighted by Gasteiger charge is -2.09. The molecule has 6 nitrogen and oxygen atoms in total. The molecule has 9 heteroatoms. The molecule has 2 aromatic heterocycles. The average Bonchev–Trinajstić information content (AvgIpc) is 3.44. The first-order valence-electron chi connectivity index (χ1n) is 9.64. The number of carbonyl (C=O) groups excluding carboxylic acids is 1. The number of alkyl halides is 3. The van der Waals surface area contributed by atoms with Crippen molar-refractivity contribution in [2.24, 2.45) is 13.0 Å². The SMILES string of the molecule is Cn1ncc2ccc([C@@H]3C[C@H]3C(=O)NCCc3ccc(OCC(F)(F)F)nc3)cc21. The zero-order chi connectivity index (χ0) is 21.3. The Morgan fingerprint density at radius 1 is 1.27 bits per heavy atom. The van der Waals surface area contributed by atoms with Gasteiger partial charge >= 0.3 is 6.18 Å². The van der Waals surface area contributed by atoms with Crippen molar-refractivity contribution < 1.29 is 22.7 Å². The van der Waals surface area contributed by atoms with Crippen LogP contribution in [0.3, 0.4) is 0 Å². The number of nitrogens with one attached hydrogen (secondary N) is 1. The largest absolute Gasteiger partial charge is 0.468 e. The summed E-state index contributed by atoms with van der Waals surface area (Å²) in [4.78, 5) is 16.3. The van der Waals surface area contributed by atoms with Gasteiger partial charge in [-0.05, 0) is 36.0 Å². The van der Waals surface area contributed by atoms with Crippen molar-refractivity contribution >= 4 is 16.8 Å². The maximum absolute atomic E-state index is 12.4. The van der Waals surface area contributed by atoms with Crippen LogP contribution in [-0.4, -0.2) is 40.0 Å². The Hall–Kier alpha value is -3.10. The minimum absolute atomic E-state index is 0.0168. The molecule has 0 unspecified atom stereocenters. The Balaban J connectivity index is 1.24. The van der Waals surface area contributed by atoms with Gasteiger partial charge in [0.1, 0.15) is 0 Å². The molecule has 0 aliphatic heterocycles. The monoisotopic (exact) mass is 418 g/mol. The molecule has 0 bridgehead atoms. The number of pyridine rings is 1. The first kappa shape index (κ1) is 20.2. The number of hydrogen-bond donors (Lipinski definition) is 1. The van der Waals surface area contributed by atoms with E-state index in [1.807, 2.05) is 24.0 Å². The van der Waals surface area contributed by atoms with Crippen LogP contribution in [0.15, 0.2) is 42.7 Å². The summed E-state index contributed by atoms with van der Waals surface area (Å²) < 4.78 is 42.8. The molecule has 1 aliphatic carbocycles. The maximum atomic E-state index is 12.4. The quantitative estimate of drug-likeness (QED) is 0.639. The molecule has 2 atom stereocenters. The van der Waals surface area contributed by atoms with Gasteiger partial charge < -0.3 is 10.1 Å². The fourth-order valence-corrected chi connectivity index (χ4v) is 3.51. The molecule has 4 rings (SSSR count). The van der Waals surface area contributed by atoms with Gasteiger partial charge in [0.05, 0.1) is 11.7 Å². The number of ether oxygens (including phenoxy) is 1. The van der Waals surface area contributed by atoms with Crippen molar-refractivity contribution in [2.75, 3.05) is 13.2 Å². The van der Waals surface area contributed by atoms with Crippen molar-refractivity contribution in [1.29, 1.82) is 0 Å². The second-order valence-corrected chi connectivity index (χ2v) is 7.48. The molecule has 0 spiro atoms. The predicted molar refractivity (Wildman–Crippen MR) is 104 cm³/mol. The van der Waals surface area contributed by atoms with E-state index in [4.69, 9.17) is 0 Å². The highest BCUT2D eigenvalue weighted by Crippen LogP contribution is 2.48. The number of carbonyl (C=O) groups is 1. The lowest BCUT2D eigenvalue weighted by atomic mass is 10.1. The number of aryl methyl sites for hydroxylation is 1. The Bertz CT molecular complexity index is 1050. The second kappa shape index (κ2) is 7.97. The van der Waals surface area contributed by atoms with Crippen LogP contribution in [0.1, 0.15) is 23.5 Å². The number of amides is 1. The predicted octanol–water partition coefficient (Wildman–Crippen LogP) is 3.37. The minimum Gasteiger partial charge on any atom is -0.468 e. The molecule has 1 amide bonds. The minimum atomic E-state index is -4.39. The normalized spacial score (nSPS) is 18.4. The molecule has 1 aliphatic rings. The number of nitrogens with zero attached hydrogens (tertiary/aromatic N) is 3. The number of aromatic nitrogens is 3. The number of halogens is 3. The zero-order valence-electron chi connectivity index (χ0n) is 16.3. The van der Waals surface area contributed by atoms with Gasteiger partial charge in [-0.1, -0.05) is 18.2 Å². The Labute approximate surface area is 171 Å². The van der Waals surface area contributed by atoms with E-state index < -0.39 is 12.8 Å². The zero-order valence-corrected chi connectivity index (χ0v) is 16.3. The number of fused-ring (bicyclic) bond motifs is 1. The van der Waals surface area contributed by atoms with Crippen LogP contribution in [0.2, 0.25) is 0 Å². The Morgan fingerprint density at radius 2 is 2.10 bits per heavy atom. The van der Waals surface area contributed by atoms with Gasteiger partial charge in [0, 0.05) is 37.2 Å². The van der Waals surface area contributed by atoms with Gasteiger partial charge in [-0.15, -0.1) is 0 Å². The van der Waals surface area contributed by atoms with E-state index >= 15 is 0 Å². The van der Waals surface area contributed by atoms with Gasteiger partial charge in [-0.3, -0.25) is 9.48 Å². The lowest BCUT2D eigenvalue weighted by Crippen LogP contribution is -2.27. The fourth-order valence-electron chi connectivity index (χ4n) is 3.51. The van der Waals surface area contributed by atoms with E-state index in [0.717, 1.165) is 28.5 Å². The van der Waals surface area contributed by atoms with E-state index in [2.05, 4.69) is 32.3 Å². The molecule has 1 saturated carbocycles. The number of rotatable bonds is 7. The van der Waals surface area contributed by atoms with Crippen LogP contribution < -0.4 is 10.1 Å². The fraction of sp³-hybridized carbons (Fsp3) is 0.381. The summed E-state index contributed by atoms with van der Waals surface area (Å²) in [6, 6.07) is 9.22. The summed E-state index contributed by atoms with van der Waals surface area (Å²) in [5, 5.41) is 8.25. The summed E-state index contributed by atoms with van der Waals surface area (Å²) in [7, 11) is 1.90. The van der Waals surface area contributed by atoms with Gasteiger partial charge in [-0.2, -0.15) is 18.3 Å². The second-order valence-electron chi connectivity index (χ2n) is 7.48. The number of hydrogen-bond acceptors (Lipinski definition) is 4. The van der Waals surface area contributed by atoms with E-state index in [1.165, 1.54) is 12.3 Å². The van der Waals surface area contributed by atoms with Crippen LogP contribution in [-0.2, 0) is 18.3 Å². The smallest absolute Gasteiger partial charge is 0.422 e. The van der Waals surface area contributed by atoms with Crippen molar-refractivity contribution in [3.05, 3.63) is 53.9 Å². The highest BCUT2D eigenvalue weighted by atomic mass is 19.4. The number of benzene rings is 1. The molecule has 158 valence electrons. The third-order valence-electron chi connectivity index (χ3n) is 5.22. The first-order chi connectivity index (χ1) is 14.3. The summed E-state index contributed by atoms with van der Waals surface area (Å²) >= 11 is 0. The third kappa shape index (κ3) is 4.72. The van der Waals surface area contributed by atoms with Crippen molar-refractivity contribution in [3.63, 3.8) is 0 Å². The molecular weight excluding hydrogens is 397 g/mol. The molecule has 0 saturated heterocycles. The van der Waals surface area contributed by atoms with Crippen LogP contribution >= 0.6 is 0 Å². The molecule has 30 heavy (non-hydrogen) atoms. The molecule has 1 fully saturated rings. The summed E-state index contributed by atoms with van der Waals surface area (Å²) in [6.07, 6.45) is 0.244. The van der Waals surface area contributed by atoms with Crippen LogP contribution in [0.4, 0.5) is 13.2 Å². The lowest BCUT2D eigenvalue weighted by molar-refractivity contribution is -0.154. The molecule has 1 N–H and O–H groups in total. The van der Waals surface area contributed by atoms with Gasteiger partial charge in [0.15, 0.2) is 6.61 Å². The van der Waals surface area contributed by atoms with E-state index in [9.17, 15) is 18.0 Å². The summed E-state index contributed by atoms with van der Waals surface area (Å²) in [5.74, 6) is 0.123. The first-order valence-corrected chi connectivity index (χ1v) is 9.64. The van der Waals surface area contributed by atoms with Gasteiger partial charge in [-0.25, -0.2) is 4.98 Å². The average molecular weight is 418 g/mol. The maximum Gasteiger partial charge on any atom is 0.422 e. The van der Waals surface area contributed by atoms with Crippen LogP contribution in [0.5, 0.6) is 5.88 Å². The van der Waals surface area contributed by atoms with Gasteiger partial charge in [0.2, 0.25) is 11.8 Å². The van der Waals surface area contributed by atoms with Crippen LogP contribution in [0, 0.1) is 5.92 Å². The summed E-state index contributed by atoms with van der Waals surface area (Å²) in [5.41, 5.74) is 3.00. The van der Waals surface area contributed by atoms with E-state index in [-0.39, 0.29) is 23.6 Å². The topological polar surface area (TPSA) is 69.0 Å².